The highest BCUT2D eigenvalue weighted by Gasteiger charge is 2.50. The number of benzene rings is 2. The lowest BCUT2D eigenvalue weighted by atomic mass is 9.78. The average Bonchev–Trinajstić information content (AvgIpc) is 2.88. The molecule has 38 heavy (non-hydrogen) atoms. The third kappa shape index (κ3) is 8.78. The van der Waals surface area contributed by atoms with Crippen LogP contribution < -0.4 is 4.74 Å². The first kappa shape index (κ1) is 30.1. The van der Waals surface area contributed by atoms with Crippen LogP contribution in [0.3, 0.4) is 0 Å². The minimum atomic E-state index is -2.06. The van der Waals surface area contributed by atoms with Gasteiger partial charge in [0.15, 0.2) is 14.6 Å². The summed E-state index contributed by atoms with van der Waals surface area (Å²) >= 11 is 0. The molecule has 1 aliphatic heterocycles. The van der Waals surface area contributed by atoms with Crippen LogP contribution in [-0.2, 0) is 41.4 Å². The van der Waals surface area contributed by atoms with Crippen LogP contribution in [0.4, 0.5) is 0 Å². The Morgan fingerprint density at radius 2 is 1.74 bits per heavy atom. The number of rotatable bonds is 13. The Bertz CT molecular complexity index is 1030. The summed E-state index contributed by atoms with van der Waals surface area (Å²) in [4.78, 5) is 12.5. The van der Waals surface area contributed by atoms with Crippen molar-refractivity contribution < 1.29 is 32.9 Å². The molecule has 7 nitrogen and oxygen atoms in total. The van der Waals surface area contributed by atoms with Crippen molar-refractivity contribution in [3.8, 4) is 5.75 Å². The van der Waals surface area contributed by atoms with Crippen LogP contribution in [0.15, 0.2) is 66.2 Å². The van der Waals surface area contributed by atoms with Crippen molar-refractivity contribution in [1.29, 1.82) is 0 Å². The van der Waals surface area contributed by atoms with E-state index in [0.29, 0.717) is 32.8 Å². The summed E-state index contributed by atoms with van der Waals surface area (Å²) in [5.74, 6) is 0.187. The second-order valence-corrected chi connectivity index (χ2v) is 14.9. The number of hydrogen-bond donors (Lipinski definition) is 0. The number of hydrogen-bond acceptors (Lipinski definition) is 7. The van der Waals surface area contributed by atoms with Gasteiger partial charge < -0.3 is 28.1 Å². The molecule has 0 aliphatic carbocycles. The fraction of sp³-hybridized carbons (Fsp3) is 0.500. The minimum absolute atomic E-state index is 0.210. The quantitative estimate of drug-likeness (QED) is 0.135. The number of ether oxygens (including phenoxy) is 5. The predicted molar refractivity (Wildman–Crippen MR) is 149 cm³/mol. The lowest BCUT2D eigenvalue weighted by Crippen LogP contribution is -2.56. The molecule has 2 aromatic rings. The van der Waals surface area contributed by atoms with Crippen LogP contribution in [0.2, 0.25) is 19.6 Å². The lowest BCUT2D eigenvalue weighted by Gasteiger charge is -2.49. The molecule has 0 amide bonds. The average molecular weight is 543 g/mol. The second kappa shape index (κ2) is 14.1. The molecule has 1 fully saturated rings. The van der Waals surface area contributed by atoms with Gasteiger partial charge in [-0.15, -0.1) is 0 Å². The summed E-state index contributed by atoms with van der Waals surface area (Å²) in [5, 5.41) is 0. The van der Waals surface area contributed by atoms with E-state index in [1.54, 1.807) is 14.0 Å². The molecule has 0 spiro atoms. The standard InChI is InChI=1S/C30H42O7Si/c1-7-34-28(31)19-25-22-36-29(35-21-24-13-15-26(32-3)16-14-24)27(30(25,2)37-38(4,5)6)17-18-33-20-23-11-9-8-10-12-23/h8-16,19,27,29H,7,17-18,20-22H2,1-6H3/b25-19+/t27-,29+,30+/m0/s1. The summed E-state index contributed by atoms with van der Waals surface area (Å²) in [6, 6.07) is 17.9. The summed E-state index contributed by atoms with van der Waals surface area (Å²) in [6.45, 7) is 12.2. The maximum atomic E-state index is 12.5. The van der Waals surface area contributed by atoms with Gasteiger partial charge in [0.1, 0.15) is 5.75 Å². The van der Waals surface area contributed by atoms with E-state index in [4.69, 9.17) is 28.1 Å². The van der Waals surface area contributed by atoms with Crippen LogP contribution in [0, 0.1) is 5.92 Å². The first-order chi connectivity index (χ1) is 18.1. The highest BCUT2D eigenvalue weighted by molar-refractivity contribution is 6.69. The molecule has 3 atom stereocenters. The Kier molecular flexibility index (Phi) is 11.1. The molecule has 0 unspecified atom stereocenters. The third-order valence-corrected chi connectivity index (χ3v) is 7.47. The van der Waals surface area contributed by atoms with Gasteiger partial charge in [-0.05, 0) is 68.7 Å². The lowest BCUT2D eigenvalue weighted by molar-refractivity contribution is -0.229. The molecule has 1 aliphatic rings. The maximum absolute atomic E-state index is 12.5. The van der Waals surface area contributed by atoms with Crippen molar-refractivity contribution in [2.24, 2.45) is 5.92 Å². The topological polar surface area (TPSA) is 72.5 Å². The summed E-state index contributed by atoms with van der Waals surface area (Å²) in [7, 11) is -0.411. The Morgan fingerprint density at radius 3 is 2.37 bits per heavy atom. The largest absolute Gasteiger partial charge is 0.497 e. The third-order valence-electron chi connectivity index (χ3n) is 6.43. The molecule has 208 valence electrons. The molecule has 0 radical (unpaired) electrons. The highest BCUT2D eigenvalue weighted by Crippen LogP contribution is 2.42. The van der Waals surface area contributed by atoms with Gasteiger partial charge in [0.05, 0.1) is 39.1 Å². The number of carbonyl (C=O) groups excluding carboxylic acids is 1. The van der Waals surface area contributed by atoms with E-state index in [1.807, 2.05) is 61.5 Å². The summed E-state index contributed by atoms with van der Waals surface area (Å²) < 4.78 is 36.0. The number of esters is 1. The van der Waals surface area contributed by atoms with E-state index in [2.05, 4.69) is 19.6 Å². The van der Waals surface area contributed by atoms with E-state index in [9.17, 15) is 4.79 Å². The number of methoxy groups -OCH3 is 1. The molecule has 1 saturated heterocycles. The van der Waals surface area contributed by atoms with Gasteiger partial charge in [-0.3, -0.25) is 0 Å². The number of carbonyl (C=O) groups is 1. The molecule has 0 aromatic heterocycles. The smallest absolute Gasteiger partial charge is 0.330 e. The van der Waals surface area contributed by atoms with Gasteiger partial charge >= 0.3 is 5.97 Å². The fourth-order valence-corrected chi connectivity index (χ4v) is 6.22. The molecule has 0 saturated carbocycles. The first-order valence-corrected chi connectivity index (χ1v) is 16.6. The molecule has 3 rings (SSSR count). The van der Waals surface area contributed by atoms with Crippen LogP contribution in [0.1, 0.15) is 31.4 Å². The zero-order valence-corrected chi connectivity index (χ0v) is 24.5. The van der Waals surface area contributed by atoms with Crippen LogP contribution in [0.25, 0.3) is 0 Å². The van der Waals surface area contributed by atoms with Crippen molar-refractivity contribution in [2.75, 3.05) is 26.9 Å². The summed E-state index contributed by atoms with van der Waals surface area (Å²) in [5.41, 5.74) is 2.10. The van der Waals surface area contributed by atoms with Gasteiger partial charge in [0.2, 0.25) is 0 Å². The molecule has 2 aromatic carbocycles. The van der Waals surface area contributed by atoms with Gasteiger partial charge in [-0.1, -0.05) is 42.5 Å². The van der Waals surface area contributed by atoms with Crippen LogP contribution in [0.5, 0.6) is 5.75 Å². The van der Waals surface area contributed by atoms with E-state index in [-0.39, 0.29) is 12.5 Å². The van der Waals surface area contributed by atoms with Gasteiger partial charge in [0.25, 0.3) is 0 Å². The Morgan fingerprint density at radius 1 is 1.05 bits per heavy atom. The minimum Gasteiger partial charge on any atom is -0.497 e. The maximum Gasteiger partial charge on any atom is 0.330 e. The molecular weight excluding hydrogens is 500 g/mol. The summed E-state index contributed by atoms with van der Waals surface area (Å²) in [6.07, 6.45) is 1.61. The molecule has 1 heterocycles. The fourth-order valence-electron chi connectivity index (χ4n) is 4.67. The Labute approximate surface area is 228 Å². The molecule has 8 heteroatoms. The zero-order chi connectivity index (χ0) is 27.6. The van der Waals surface area contributed by atoms with Crippen molar-refractivity contribution in [3.05, 3.63) is 77.4 Å². The zero-order valence-electron chi connectivity index (χ0n) is 23.5. The van der Waals surface area contributed by atoms with Gasteiger partial charge in [-0.25, -0.2) is 4.79 Å². The van der Waals surface area contributed by atoms with E-state index < -0.39 is 26.2 Å². The SMILES string of the molecule is CCOC(=O)/C=C1\CO[C@@H](OCc2ccc(OC)cc2)[C@H](CCOCc2ccccc2)[C@]1(C)O[Si](C)(C)C. The van der Waals surface area contributed by atoms with Crippen molar-refractivity contribution in [2.45, 2.75) is 65.0 Å². The van der Waals surface area contributed by atoms with Crippen molar-refractivity contribution >= 4 is 14.3 Å². The van der Waals surface area contributed by atoms with E-state index >= 15 is 0 Å². The molecule has 0 bridgehead atoms. The Balaban J connectivity index is 1.83. The first-order valence-electron chi connectivity index (χ1n) is 13.2. The van der Waals surface area contributed by atoms with Gasteiger partial charge in [-0.2, -0.15) is 0 Å². The Hall–Kier alpha value is -2.49. The van der Waals surface area contributed by atoms with E-state index in [0.717, 1.165) is 22.4 Å². The van der Waals surface area contributed by atoms with Crippen molar-refractivity contribution in [1.82, 2.24) is 0 Å². The van der Waals surface area contributed by atoms with E-state index in [1.165, 1.54) is 6.08 Å². The van der Waals surface area contributed by atoms with Crippen molar-refractivity contribution in [3.63, 3.8) is 0 Å². The second-order valence-electron chi connectivity index (χ2n) is 10.5. The van der Waals surface area contributed by atoms with Gasteiger partial charge in [0, 0.05) is 18.6 Å². The van der Waals surface area contributed by atoms with Crippen LogP contribution in [-0.4, -0.2) is 53.1 Å². The van der Waals surface area contributed by atoms with Crippen LogP contribution >= 0.6 is 0 Å². The molecule has 0 N–H and O–H groups in total. The normalized spacial score (nSPS) is 22.8. The predicted octanol–water partition coefficient (Wildman–Crippen LogP) is 5.89. The highest BCUT2D eigenvalue weighted by atomic mass is 28.4. The molecular formula is C30H42O7Si. The monoisotopic (exact) mass is 542 g/mol.